The Labute approximate surface area is 277 Å². The Morgan fingerprint density at radius 3 is 2.38 bits per heavy atom. The number of hydrogen-bond acceptors (Lipinski definition) is 6. The monoisotopic (exact) mass is 620 g/mol. The van der Waals surface area contributed by atoms with Crippen molar-refractivity contribution in [2.45, 2.75) is 76.9 Å². The van der Waals surface area contributed by atoms with Crippen LogP contribution in [0.25, 0.3) is 11.3 Å². The van der Waals surface area contributed by atoms with E-state index in [9.17, 15) is 0 Å². The third-order valence-electron chi connectivity index (χ3n) is 9.86. The number of fused-ring (bicyclic) bond motifs is 3. The van der Waals surface area contributed by atoms with Crippen LogP contribution in [0.15, 0.2) is 108 Å². The van der Waals surface area contributed by atoms with Gasteiger partial charge in [0.1, 0.15) is 23.4 Å². The molecule has 1 aliphatic carbocycles. The Morgan fingerprint density at radius 2 is 1.57 bits per heavy atom. The minimum atomic E-state index is -0.218. The molecule has 6 heteroatoms. The van der Waals surface area contributed by atoms with Crippen LogP contribution in [0.4, 0.5) is 17.2 Å². The Kier molecular flexibility index (Phi) is 6.94. The average Bonchev–Trinajstić information content (AvgIpc) is 3.68. The zero-order chi connectivity index (χ0) is 32.3. The molecule has 47 heavy (non-hydrogen) atoms. The highest BCUT2D eigenvalue weighted by Crippen LogP contribution is 2.52. The molecule has 0 radical (unpaired) electrons. The van der Waals surface area contributed by atoms with Crippen LogP contribution in [0.2, 0.25) is 0 Å². The van der Waals surface area contributed by atoms with Gasteiger partial charge in [0.15, 0.2) is 0 Å². The van der Waals surface area contributed by atoms with Crippen molar-refractivity contribution in [2.24, 2.45) is 4.99 Å². The largest absolute Gasteiger partial charge is 0.472 e. The minimum Gasteiger partial charge on any atom is -0.472 e. The Hall–Kier alpha value is -4.97. The predicted octanol–water partition coefficient (Wildman–Crippen LogP) is 10.0. The normalized spacial score (nSPS) is 19.3. The molecular weight excluding hydrogens is 580 g/mol. The predicted molar refractivity (Wildman–Crippen MR) is 189 cm³/mol. The second-order valence-electron chi connectivity index (χ2n) is 14.5. The van der Waals surface area contributed by atoms with E-state index in [2.05, 4.69) is 105 Å². The number of nitrogens with zero attached hydrogens (tertiary/aromatic N) is 4. The molecule has 0 unspecified atom stereocenters. The number of para-hydroxylation sites is 1. The molecule has 6 nitrogen and oxygen atoms in total. The van der Waals surface area contributed by atoms with Crippen molar-refractivity contribution < 1.29 is 9.47 Å². The van der Waals surface area contributed by atoms with Crippen molar-refractivity contribution in [3.05, 3.63) is 126 Å². The lowest BCUT2D eigenvalue weighted by atomic mass is 9.73. The fourth-order valence-electron chi connectivity index (χ4n) is 7.27. The molecule has 5 aromatic rings. The van der Waals surface area contributed by atoms with Crippen LogP contribution >= 0.6 is 0 Å². The van der Waals surface area contributed by atoms with Crippen molar-refractivity contribution in [1.82, 2.24) is 9.97 Å². The van der Waals surface area contributed by atoms with Crippen molar-refractivity contribution >= 4 is 23.1 Å². The van der Waals surface area contributed by atoms with Gasteiger partial charge in [-0.05, 0) is 96.0 Å². The molecule has 0 bridgehead atoms. The molecule has 1 saturated carbocycles. The molecule has 0 spiro atoms. The smallest absolute Gasteiger partial charge is 0.216 e. The summed E-state index contributed by atoms with van der Waals surface area (Å²) in [5.41, 5.74) is 8.41. The van der Waals surface area contributed by atoms with Gasteiger partial charge in [-0.25, -0.2) is 9.98 Å². The zero-order valence-corrected chi connectivity index (χ0v) is 27.7. The van der Waals surface area contributed by atoms with Gasteiger partial charge in [-0.3, -0.25) is 9.88 Å². The summed E-state index contributed by atoms with van der Waals surface area (Å²) in [6, 6.07) is 31.8. The van der Waals surface area contributed by atoms with Crippen LogP contribution in [0, 0.1) is 0 Å². The van der Waals surface area contributed by atoms with Crippen LogP contribution in [-0.2, 0) is 15.6 Å². The van der Waals surface area contributed by atoms with E-state index in [1.165, 1.54) is 23.1 Å². The van der Waals surface area contributed by atoms with Gasteiger partial charge >= 0.3 is 0 Å². The minimum absolute atomic E-state index is 0.0115. The van der Waals surface area contributed by atoms with Gasteiger partial charge < -0.3 is 9.47 Å². The SMILES string of the molecule is CC(C)(C)c1ccnc(N2c3ccccc3C(C)(C)c3ccc(Oc4cc(C5=N[C@@H]6CCC[C@@H]6O5)cc(-c5ccccn5)c4)cc32)c1. The number of rotatable bonds is 5. The van der Waals surface area contributed by atoms with Crippen LogP contribution < -0.4 is 9.64 Å². The van der Waals surface area contributed by atoms with E-state index in [0.29, 0.717) is 11.6 Å². The van der Waals surface area contributed by atoms with Crippen LogP contribution in [0.3, 0.4) is 0 Å². The van der Waals surface area contributed by atoms with Gasteiger partial charge in [-0.2, -0.15) is 0 Å². The van der Waals surface area contributed by atoms with Gasteiger partial charge in [0.2, 0.25) is 5.90 Å². The highest BCUT2D eigenvalue weighted by atomic mass is 16.5. The molecule has 0 amide bonds. The highest BCUT2D eigenvalue weighted by molar-refractivity contribution is 5.97. The van der Waals surface area contributed by atoms with E-state index in [-0.39, 0.29) is 23.0 Å². The maximum absolute atomic E-state index is 6.73. The molecule has 2 aromatic heterocycles. The van der Waals surface area contributed by atoms with Gasteiger partial charge in [0.05, 0.1) is 23.1 Å². The first-order valence-corrected chi connectivity index (χ1v) is 16.6. The number of pyridine rings is 2. The fourth-order valence-corrected chi connectivity index (χ4v) is 7.27. The van der Waals surface area contributed by atoms with Gasteiger partial charge in [-0.15, -0.1) is 0 Å². The third-order valence-corrected chi connectivity index (χ3v) is 9.86. The highest BCUT2D eigenvalue weighted by Gasteiger charge is 2.38. The lowest BCUT2D eigenvalue weighted by Crippen LogP contribution is -2.31. The van der Waals surface area contributed by atoms with Crippen molar-refractivity contribution in [3.63, 3.8) is 0 Å². The van der Waals surface area contributed by atoms with Crippen LogP contribution in [0.5, 0.6) is 11.5 Å². The maximum atomic E-state index is 6.73. The average molecular weight is 621 g/mol. The van der Waals surface area contributed by atoms with Gasteiger partial charge in [0.25, 0.3) is 0 Å². The number of hydrogen-bond donors (Lipinski definition) is 0. The molecule has 2 aliphatic heterocycles. The van der Waals surface area contributed by atoms with Crippen LogP contribution in [-0.4, -0.2) is 28.0 Å². The van der Waals surface area contributed by atoms with Gasteiger partial charge in [0, 0.05) is 35.0 Å². The molecule has 2 atom stereocenters. The molecule has 236 valence electrons. The summed E-state index contributed by atoms with van der Waals surface area (Å²) in [4.78, 5) is 16.8. The van der Waals surface area contributed by atoms with Crippen molar-refractivity contribution in [1.29, 1.82) is 0 Å². The topological polar surface area (TPSA) is 59.8 Å². The molecular formula is C41H40N4O2. The molecule has 8 rings (SSSR count). The first-order chi connectivity index (χ1) is 22.6. The summed E-state index contributed by atoms with van der Waals surface area (Å²) in [6.07, 6.45) is 7.22. The van der Waals surface area contributed by atoms with E-state index in [4.69, 9.17) is 19.5 Å². The summed E-state index contributed by atoms with van der Waals surface area (Å²) in [6.45, 7) is 11.3. The molecule has 1 fully saturated rings. The summed E-state index contributed by atoms with van der Waals surface area (Å²) in [5, 5.41) is 0. The summed E-state index contributed by atoms with van der Waals surface area (Å²) in [7, 11) is 0. The van der Waals surface area contributed by atoms with Crippen molar-refractivity contribution in [3.8, 4) is 22.8 Å². The standard InChI is InChI=1S/C41H40N4O2/c1-40(2,3)28-18-20-43-38(24-28)45-35-14-7-6-11-31(35)41(4,5)32-17-16-29(25-36(32)45)46-30-22-26(33-12-8-9-19-42-33)21-27(23-30)39-44-34-13-10-15-37(34)47-39/h6-9,11-12,14,16-25,34,37H,10,13,15H2,1-5H3/t34-,37+/m1/s1. The lowest BCUT2D eigenvalue weighted by molar-refractivity contribution is 0.211. The second kappa shape index (κ2) is 11.1. The number of aliphatic imine (C=N–C) groups is 1. The number of aromatic nitrogens is 2. The zero-order valence-electron chi connectivity index (χ0n) is 27.7. The number of benzene rings is 3. The maximum Gasteiger partial charge on any atom is 0.216 e. The number of anilines is 3. The van der Waals surface area contributed by atoms with E-state index >= 15 is 0 Å². The Balaban J connectivity index is 1.23. The summed E-state index contributed by atoms with van der Waals surface area (Å²) >= 11 is 0. The Bertz CT molecular complexity index is 2010. The van der Waals surface area contributed by atoms with E-state index in [1.54, 1.807) is 0 Å². The summed E-state index contributed by atoms with van der Waals surface area (Å²) < 4.78 is 13.1. The Morgan fingerprint density at radius 1 is 0.766 bits per heavy atom. The first kappa shape index (κ1) is 29.4. The fraction of sp³-hybridized carbons (Fsp3) is 0.293. The molecule has 0 N–H and O–H groups in total. The lowest BCUT2D eigenvalue weighted by Gasteiger charge is -2.41. The number of ether oxygens (including phenoxy) is 2. The second-order valence-corrected chi connectivity index (χ2v) is 14.5. The van der Waals surface area contributed by atoms with E-state index in [1.807, 2.05) is 42.7 Å². The quantitative estimate of drug-likeness (QED) is 0.196. The molecule has 4 heterocycles. The third kappa shape index (κ3) is 5.26. The molecule has 0 saturated heterocycles. The molecule has 3 aliphatic rings. The van der Waals surface area contributed by atoms with E-state index in [0.717, 1.165) is 52.6 Å². The first-order valence-electron chi connectivity index (χ1n) is 16.6. The molecule has 3 aromatic carbocycles. The van der Waals surface area contributed by atoms with Crippen molar-refractivity contribution in [2.75, 3.05) is 4.90 Å². The van der Waals surface area contributed by atoms with E-state index < -0.39 is 0 Å². The van der Waals surface area contributed by atoms with Crippen LogP contribution in [0.1, 0.15) is 76.1 Å². The summed E-state index contributed by atoms with van der Waals surface area (Å²) in [5.74, 6) is 3.04. The van der Waals surface area contributed by atoms with Gasteiger partial charge in [-0.1, -0.05) is 65.0 Å².